The van der Waals surface area contributed by atoms with Crippen molar-refractivity contribution in [2.24, 2.45) is 5.92 Å². The molecule has 0 aromatic heterocycles. The van der Waals surface area contributed by atoms with Gasteiger partial charge in [0.05, 0.1) is 6.04 Å². The van der Waals surface area contributed by atoms with Gasteiger partial charge in [-0.2, -0.15) is 0 Å². The minimum Gasteiger partial charge on any atom is -0.343 e. The van der Waals surface area contributed by atoms with Crippen molar-refractivity contribution in [3.05, 3.63) is 108 Å². The van der Waals surface area contributed by atoms with Crippen LogP contribution in [0.4, 0.5) is 0 Å². The molecule has 2 heterocycles. The average molecular weight is 567 g/mol. The van der Waals surface area contributed by atoms with Crippen molar-refractivity contribution in [3.63, 3.8) is 0 Å². The molecule has 2 fully saturated rings. The summed E-state index contributed by atoms with van der Waals surface area (Å²) in [5.74, 6) is -0.641. The standard InChI is InChI=1S/C35H42N4O3/c1-3-25(2)33(40)36-30-24-38(23-26-13-7-4-8-14-26)22-21-29-19-20-31(39(29)35(30)42)34(41)37-32(27-15-9-5-10-16-27)28-17-11-6-12-18-28/h4-18,25,29-32H,3,19-24H2,1-2H3,(H,36,40)(H,37,41)/t25-,29-,30+,31+/m1/s1. The first-order valence-electron chi connectivity index (χ1n) is 15.2. The zero-order chi connectivity index (χ0) is 29.5. The normalized spacial score (nSPS) is 21.7. The summed E-state index contributed by atoms with van der Waals surface area (Å²) in [6.07, 6.45) is 2.84. The summed E-state index contributed by atoms with van der Waals surface area (Å²) in [5, 5.41) is 6.34. The summed E-state index contributed by atoms with van der Waals surface area (Å²) in [6.45, 7) is 5.75. The zero-order valence-corrected chi connectivity index (χ0v) is 24.6. The van der Waals surface area contributed by atoms with Crippen LogP contribution in [0.25, 0.3) is 0 Å². The van der Waals surface area contributed by atoms with Gasteiger partial charge in [0.25, 0.3) is 0 Å². The molecule has 42 heavy (non-hydrogen) atoms. The number of carbonyl (C=O) groups is 3. The SMILES string of the molecule is CC[C@@H](C)C(=O)N[C@H]1CN(Cc2ccccc2)CC[C@H]2CC[C@@H](C(=O)NC(c3ccccc3)c3ccccc3)N2C1=O. The molecule has 0 unspecified atom stereocenters. The van der Waals surface area contributed by atoms with E-state index in [0.29, 0.717) is 25.9 Å². The average Bonchev–Trinajstić information content (AvgIpc) is 3.45. The molecule has 2 aliphatic rings. The maximum atomic E-state index is 14.3. The Balaban J connectivity index is 1.39. The third-order valence-electron chi connectivity index (χ3n) is 8.75. The summed E-state index contributed by atoms with van der Waals surface area (Å²) in [6, 6.07) is 28.4. The number of hydrogen-bond acceptors (Lipinski definition) is 4. The van der Waals surface area contributed by atoms with Crippen LogP contribution in [0.5, 0.6) is 0 Å². The minimum absolute atomic E-state index is 0.0540. The molecule has 0 bridgehead atoms. The van der Waals surface area contributed by atoms with Gasteiger partial charge in [0, 0.05) is 31.6 Å². The summed E-state index contributed by atoms with van der Waals surface area (Å²) >= 11 is 0. The summed E-state index contributed by atoms with van der Waals surface area (Å²) in [4.78, 5) is 45.4. The van der Waals surface area contributed by atoms with E-state index in [9.17, 15) is 14.4 Å². The highest BCUT2D eigenvalue weighted by molar-refractivity contribution is 5.93. The van der Waals surface area contributed by atoms with Crippen molar-refractivity contribution in [1.29, 1.82) is 0 Å². The lowest BCUT2D eigenvalue weighted by Gasteiger charge is -2.39. The van der Waals surface area contributed by atoms with Gasteiger partial charge >= 0.3 is 0 Å². The van der Waals surface area contributed by atoms with Gasteiger partial charge in [-0.1, -0.05) is 105 Å². The fourth-order valence-electron chi connectivity index (χ4n) is 6.18. The summed E-state index contributed by atoms with van der Waals surface area (Å²) in [5.41, 5.74) is 3.15. The monoisotopic (exact) mass is 566 g/mol. The van der Waals surface area contributed by atoms with E-state index in [1.807, 2.05) is 92.7 Å². The Morgan fingerprint density at radius 1 is 0.857 bits per heavy atom. The first-order chi connectivity index (χ1) is 20.4. The highest BCUT2D eigenvalue weighted by Gasteiger charge is 2.45. The van der Waals surface area contributed by atoms with Crippen LogP contribution in [-0.2, 0) is 20.9 Å². The number of nitrogens with zero attached hydrogens (tertiary/aromatic N) is 2. The third kappa shape index (κ3) is 6.90. The molecule has 4 atom stereocenters. The quantitative estimate of drug-likeness (QED) is 0.394. The topological polar surface area (TPSA) is 81.8 Å². The number of amides is 3. The number of benzene rings is 3. The first-order valence-corrected chi connectivity index (χ1v) is 15.2. The van der Waals surface area contributed by atoms with Crippen LogP contribution in [0.1, 0.15) is 62.3 Å². The highest BCUT2D eigenvalue weighted by Crippen LogP contribution is 2.31. The number of hydrogen-bond donors (Lipinski definition) is 2. The number of carbonyl (C=O) groups excluding carboxylic acids is 3. The molecule has 3 aromatic carbocycles. The number of fused-ring (bicyclic) bond motifs is 1. The van der Waals surface area contributed by atoms with E-state index in [-0.39, 0.29) is 35.7 Å². The molecule has 0 aliphatic carbocycles. The Hall–Kier alpha value is -3.97. The fourth-order valence-corrected chi connectivity index (χ4v) is 6.18. The van der Waals surface area contributed by atoms with Crippen molar-refractivity contribution in [1.82, 2.24) is 20.4 Å². The van der Waals surface area contributed by atoms with Crippen molar-refractivity contribution < 1.29 is 14.4 Å². The van der Waals surface area contributed by atoms with Crippen LogP contribution in [0.15, 0.2) is 91.0 Å². The van der Waals surface area contributed by atoms with E-state index in [2.05, 4.69) is 27.7 Å². The maximum absolute atomic E-state index is 14.3. The van der Waals surface area contributed by atoms with Gasteiger partial charge in [-0.05, 0) is 42.4 Å². The largest absolute Gasteiger partial charge is 0.343 e. The van der Waals surface area contributed by atoms with Crippen LogP contribution < -0.4 is 10.6 Å². The van der Waals surface area contributed by atoms with Gasteiger partial charge in [0.15, 0.2) is 0 Å². The van der Waals surface area contributed by atoms with Crippen molar-refractivity contribution >= 4 is 17.7 Å². The lowest BCUT2D eigenvalue weighted by Crippen LogP contribution is -2.61. The molecule has 7 heteroatoms. The predicted molar refractivity (Wildman–Crippen MR) is 164 cm³/mol. The van der Waals surface area contributed by atoms with Crippen LogP contribution in [0.2, 0.25) is 0 Å². The molecule has 0 radical (unpaired) electrons. The number of nitrogens with one attached hydrogen (secondary N) is 2. The second kappa shape index (κ2) is 13.8. The molecule has 3 aromatic rings. The molecule has 2 aliphatic heterocycles. The van der Waals surface area contributed by atoms with Gasteiger partial charge in [-0.3, -0.25) is 19.3 Å². The fraction of sp³-hybridized carbons (Fsp3) is 0.400. The third-order valence-corrected chi connectivity index (χ3v) is 8.75. The first kappa shape index (κ1) is 29.5. The minimum atomic E-state index is -0.717. The number of rotatable bonds is 9. The Bertz CT molecular complexity index is 1290. The Morgan fingerprint density at radius 3 is 2.05 bits per heavy atom. The van der Waals surface area contributed by atoms with E-state index in [0.717, 1.165) is 30.5 Å². The Morgan fingerprint density at radius 2 is 1.45 bits per heavy atom. The second-order valence-corrected chi connectivity index (χ2v) is 11.6. The summed E-state index contributed by atoms with van der Waals surface area (Å²) in [7, 11) is 0. The lowest BCUT2D eigenvalue weighted by molar-refractivity contribution is -0.145. The van der Waals surface area contributed by atoms with E-state index in [4.69, 9.17) is 0 Å². The van der Waals surface area contributed by atoms with E-state index < -0.39 is 12.1 Å². The zero-order valence-electron chi connectivity index (χ0n) is 24.6. The molecule has 2 N–H and O–H groups in total. The molecular weight excluding hydrogens is 524 g/mol. The van der Waals surface area contributed by atoms with Crippen molar-refractivity contribution in [2.75, 3.05) is 13.1 Å². The van der Waals surface area contributed by atoms with E-state index in [1.165, 1.54) is 5.56 Å². The second-order valence-electron chi connectivity index (χ2n) is 11.6. The molecule has 2 saturated heterocycles. The molecule has 0 saturated carbocycles. The lowest BCUT2D eigenvalue weighted by atomic mass is 9.98. The Labute approximate surface area is 249 Å². The summed E-state index contributed by atoms with van der Waals surface area (Å²) < 4.78 is 0. The van der Waals surface area contributed by atoms with Crippen LogP contribution in [0, 0.1) is 5.92 Å². The van der Waals surface area contributed by atoms with Crippen molar-refractivity contribution in [3.8, 4) is 0 Å². The molecule has 3 amide bonds. The highest BCUT2D eigenvalue weighted by atomic mass is 16.2. The molecule has 220 valence electrons. The Kier molecular flexibility index (Phi) is 9.70. The van der Waals surface area contributed by atoms with Gasteiger partial charge in [-0.25, -0.2) is 0 Å². The maximum Gasteiger partial charge on any atom is 0.247 e. The van der Waals surface area contributed by atoms with Gasteiger partial charge in [-0.15, -0.1) is 0 Å². The smallest absolute Gasteiger partial charge is 0.247 e. The predicted octanol–water partition coefficient (Wildman–Crippen LogP) is 4.69. The van der Waals surface area contributed by atoms with E-state index >= 15 is 0 Å². The molecule has 7 nitrogen and oxygen atoms in total. The molecule has 0 spiro atoms. The van der Waals surface area contributed by atoms with Crippen molar-refractivity contribution in [2.45, 2.75) is 70.2 Å². The van der Waals surface area contributed by atoms with Crippen LogP contribution in [-0.4, -0.2) is 58.7 Å². The van der Waals surface area contributed by atoms with Gasteiger partial charge in [0.1, 0.15) is 12.1 Å². The van der Waals surface area contributed by atoms with Crippen LogP contribution in [0.3, 0.4) is 0 Å². The van der Waals surface area contributed by atoms with Gasteiger partial charge < -0.3 is 15.5 Å². The van der Waals surface area contributed by atoms with E-state index in [1.54, 1.807) is 4.90 Å². The molecule has 5 rings (SSSR count). The van der Waals surface area contributed by atoms with Crippen LogP contribution >= 0.6 is 0 Å². The molecular formula is C35H42N4O3. The van der Waals surface area contributed by atoms with Gasteiger partial charge in [0.2, 0.25) is 17.7 Å².